The van der Waals surface area contributed by atoms with Crippen molar-refractivity contribution >= 4 is 10.9 Å². The molecular formula is C26H23N4O2+. The van der Waals surface area contributed by atoms with Crippen molar-refractivity contribution in [2.75, 3.05) is 0 Å². The van der Waals surface area contributed by atoms with E-state index >= 15 is 0 Å². The molecule has 6 heteroatoms. The number of ether oxygens (including phenoxy) is 1. The summed E-state index contributed by atoms with van der Waals surface area (Å²) in [6, 6.07) is 22.3. The lowest BCUT2D eigenvalue weighted by Gasteiger charge is -2.09. The molecule has 0 atom stereocenters. The Hall–Kier alpha value is -4.19. The number of rotatable bonds is 5. The largest absolute Gasteiger partial charge is 0.471 e. The monoisotopic (exact) mass is 423 g/mol. The Kier molecular flexibility index (Phi) is 5.03. The van der Waals surface area contributed by atoms with Gasteiger partial charge in [0.25, 0.3) is 0 Å². The van der Waals surface area contributed by atoms with Gasteiger partial charge in [0.1, 0.15) is 6.61 Å². The van der Waals surface area contributed by atoms with Gasteiger partial charge in [0, 0.05) is 35.0 Å². The van der Waals surface area contributed by atoms with Crippen molar-refractivity contribution in [2.45, 2.75) is 13.5 Å². The Morgan fingerprint density at radius 3 is 2.62 bits per heavy atom. The highest BCUT2D eigenvalue weighted by Gasteiger charge is 2.15. The summed E-state index contributed by atoms with van der Waals surface area (Å²) in [6.07, 6.45) is 5.06. The van der Waals surface area contributed by atoms with Crippen LogP contribution >= 0.6 is 0 Å². The minimum absolute atomic E-state index is 0.389. The summed E-state index contributed by atoms with van der Waals surface area (Å²) in [5.74, 6) is 0.523. The zero-order chi connectivity index (χ0) is 22.1. The van der Waals surface area contributed by atoms with E-state index in [9.17, 15) is 5.21 Å². The fourth-order valence-electron chi connectivity index (χ4n) is 3.82. The Morgan fingerprint density at radius 1 is 1.00 bits per heavy atom. The van der Waals surface area contributed by atoms with Gasteiger partial charge in [-0.15, -0.1) is 5.10 Å². The molecule has 158 valence electrons. The van der Waals surface area contributed by atoms with Gasteiger partial charge >= 0.3 is 0 Å². The van der Waals surface area contributed by atoms with Crippen molar-refractivity contribution in [1.82, 2.24) is 14.8 Å². The highest BCUT2D eigenvalue weighted by Crippen LogP contribution is 2.29. The van der Waals surface area contributed by atoms with E-state index in [1.807, 2.05) is 37.5 Å². The van der Waals surface area contributed by atoms with E-state index in [0.717, 1.165) is 49.1 Å². The molecule has 0 amide bonds. The predicted octanol–water partition coefficient (Wildman–Crippen LogP) is 4.71. The van der Waals surface area contributed by atoms with Gasteiger partial charge in [-0.3, -0.25) is 9.89 Å². The van der Waals surface area contributed by atoms with Crippen LogP contribution in [0.5, 0.6) is 5.88 Å². The number of fused-ring (bicyclic) bond motifs is 1. The van der Waals surface area contributed by atoms with Crippen molar-refractivity contribution in [3.8, 4) is 28.3 Å². The summed E-state index contributed by atoms with van der Waals surface area (Å²) < 4.78 is 8.75. The molecule has 3 aromatic heterocycles. The van der Waals surface area contributed by atoms with E-state index < -0.39 is 0 Å². The van der Waals surface area contributed by atoms with Gasteiger partial charge in [-0.2, -0.15) is 0 Å². The highest BCUT2D eigenvalue weighted by atomic mass is 16.5. The molecule has 3 heterocycles. The number of hydrogen-bond donors (Lipinski definition) is 1. The zero-order valence-corrected chi connectivity index (χ0v) is 17.9. The number of para-hydroxylation sites is 1. The Balaban J connectivity index is 1.36. The average Bonchev–Trinajstić information content (AvgIpc) is 3.18. The van der Waals surface area contributed by atoms with Crippen molar-refractivity contribution in [3.63, 3.8) is 0 Å². The normalized spacial score (nSPS) is 11.1. The van der Waals surface area contributed by atoms with Crippen LogP contribution in [0, 0.1) is 6.92 Å². The van der Waals surface area contributed by atoms with Crippen LogP contribution in [0.25, 0.3) is 33.3 Å². The molecule has 0 saturated heterocycles. The standard InChI is InChI=1S/C26H23N4O2/c1-18-14-21-6-3-4-8-24(21)27-25(18)20-11-9-19(10-12-20)17-32-26-23(16-29(2)28-26)22-7-5-13-30(31)15-22/h3-16,31H,17H2,1-2H3/q+1. The van der Waals surface area contributed by atoms with Crippen LogP contribution in [0.2, 0.25) is 0 Å². The number of benzene rings is 2. The third-order valence-corrected chi connectivity index (χ3v) is 5.41. The first-order valence-corrected chi connectivity index (χ1v) is 10.4. The van der Waals surface area contributed by atoms with E-state index in [1.54, 1.807) is 23.1 Å². The first kappa shape index (κ1) is 19.8. The predicted molar refractivity (Wildman–Crippen MR) is 122 cm³/mol. The first-order chi connectivity index (χ1) is 15.6. The van der Waals surface area contributed by atoms with E-state index in [4.69, 9.17) is 9.72 Å². The zero-order valence-electron chi connectivity index (χ0n) is 17.9. The molecule has 0 saturated carbocycles. The third-order valence-electron chi connectivity index (χ3n) is 5.41. The SMILES string of the molecule is Cc1cc2ccccc2nc1-c1ccc(COc2nn(C)cc2-c2ccc[n+](O)c2)cc1. The Bertz CT molecular complexity index is 1410. The minimum Gasteiger partial charge on any atom is -0.471 e. The third kappa shape index (κ3) is 3.90. The van der Waals surface area contributed by atoms with Crippen molar-refractivity contribution in [3.05, 3.63) is 96.4 Å². The molecule has 32 heavy (non-hydrogen) atoms. The topological polar surface area (TPSA) is 64.1 Å². The van der Waals surface area contributed by atoms with E-state index in [2.05, 4.69) is 48.4 Å². The summed E-state index contributed by atoms with van der Waals surface area (Å²) >= 11 is 0. The first-order valence-electron chi connectivity index (χ1n) is 10.4. The van der Waals surface area contributed by atoms with Crippen LogP contribution in [-0.4, -0.2) is 20.0 Å². The summed E-state index contributed by atoms with van der Waals surface area (Å²) in [6.45, 7) is 2.48. The number of pyridine rings is 2. The summed E-state index contributed by atoms with van der Waals surface area (Å²) in [5.41, 5.74) is 6.89. The van der Waals surface area contributed by atoms with E-state index in [-0.39, 0.29) is 0 Å². The van der Waals surface area contributed by atoms with E-state index in [1.165, 1.54) is 0 Å². The smallest absolute Gasteiger partial charge is 0.241 e. The van der Waals surface area contributed by atoms with Crippen LogP contribution in [0.1, 0.15) is 11.1 Å². The molecule has 0 aliphatic carbocycles. The average molecular weight is 423 g/mol. The highest BCUT2D eigenvalue weighted by molar-refractivity contribution is 5.83. The second-order valence-corrected chi connectivity index (χ2v) is 7.83. The Labute approximate surface area is 185 Å². The van der Waals surface area contributed by atoms with Gasteiger partial charge in [-0.25, -0.2) is 4.98 Å². The lowest BCUT2D eigenvalue weighted by Crippen LogP contribution is -2.28. The lowest BCUT2D eigenvalue weighted by molar-refractivity contribution is -0.904. The fraction of sp³-hybridized carbons (Fsp3) is 0.115. The van der Waals surface area contributed by atoms with Crippen LogP contribution in [0.15, 0.2) is 85.3 Å². The summed E-state index contributed by atoms with van der Waals surface area (Å²) in [4.78, 5) is 4.86. The van der Waals surface area contributed by atoms with Crippen molar-refractivity contribution in [1.29, 1.82) is 0 Å². The van der Waals surface area contributed by atoms with Gasteiger partial charge in [-0.05, 0) is 36.2 Å². The summed E-state index contributed by atoms with van der Waals surface area (Å²) in [7, 11) is 1.85. The maximum absolute atomic E-state index is 9.72. The van der Waals surface area contributed by atoms with Gasteiger partial charge in [0.05, 0.1) is 22.3 Å². The van der Waals surface area contributed by atoms with Gasteiger partial charge in [0.15, 0.2) is 0 Å². The molecule has 0 radical (unpaired) electrons. The maximum Gasteiger partial charge on any atom is 0.241 e. The van der Waals surface area contributed by atoms with Crippen LogP contribution in [0.4, 0.5) is 0 Å². The maximum atomic E-state index is 9.72. The van der Waals surface area contributed by atoms with Crippen LogP contribution in [0.3, 0.4) is 0 Å². The number of aryl methyl sites for hydroxylation is 2. The number of aromatic nitrogens is 4. The minimum atomic E-state index is 0.389. The fourth-order valence-corrected chi connectivity index (χ4v) is 3.82. The molecule has 0 spiro atoms. The molecule has 0 fully saturated rings. The Morgan fingerprint density at radius 2 is 1.81 bits per heavy atom. The number of nitrogens with zero attached hydrogens (tertiary/aromatic N) is 4. The quantitative estimate of drug-likeness (QED) is 0.328. The van der Waals surface area contributed by atoms with Gasteiger partial charge in [-0.1, -0.05) is 42.5 Å². The molecule has 5 aromatic rings. The second kappa shape index (κ2) is 8.15. The molecular weight excluding hydrogens is 400 g/mol. The second-order valence-electron chi connectivity index (χ2n) is 7.83. The lowest BCUT2D eigenvalue weighted by atomic mass is 10.0. The van der Waals surface area contributed by atoms with Crippen molar-refractivity contribution in [2.24, 2.45) is 7.05 Å². The molecule has 5 rings (SSSR count). The van der Waals surface area contributed by atoms with Crippen molar-refractivity contribution < 1.29 is 14.7 Å². The van der Waals surface area contributed by atoms with Gasteiger partial charge < -0.3 is 4.74 Å². The molecule has 2 aromatic carbocycles. The summed E-state index contributed by atoms with van der Waals surface area (Å²) in [5, 5.41) is 15.3. The molecule has 1 N–H and O–H groups in total. The van der Waals surface area contributed by atoms with Crippen LogP contribution in [-0.2, 0) is 13.7 Å². The molecule has 0 unspecified atom stereocenters. The molecule has 0 bridgehead atoms. The number of hydrogen-bond acceptors (Lipinski definition) is 4. The molecule has 6 nitrogen and oxygen atoms in total. The van der Waals surface area contributed by atoms with E-state index in [0.29, 0.717) is 12.5 Å². The molecule has 0 aliphatic heterocycles. The van der Waals surface area contributed by atoms with Gasteiger partial charge in [0.2, 0.25) is 18.3 Å². The van der Waals surface area contributed by atoms with Crippen LogP contribution < -0.4 is 9.47 Å². The molecule has 0 aliphatic rings.